The first kappa shape index (κ1) is 16.2. The Labute approximate surface area is 135 Å². The number of nitrogens with one attached hydrogen (secondary N) is 2. The molecule has 0 atom stereocenters. The lowest BCUT2D eigenvalue weighted by molar-refractivity contribution is 0.414. The summed E-state index contributed by atoms with van der Waals surface area (Å²) in [5.74, 6) is 0.613. The maximum atomic E-state index is 12.8. The molecule has 3 nitrogen and oxygen atoms in total. The molecule has 0 bridgehead atoms. The van der Waals surface area contributed by atoms with E-state index in [0.29, 0.717) is 5.11 Å². The van der Waals surface area contributed by atoms with E-state index >= 15 is 0 Å². The van der Waals surface area contributed by atoms with Crippen LogP contribution < -0.4 is 15.4 Å². The molecule has 0 unspecified atom stereocenters. The standard InChI is InChI=1S/C17H19FN2OS/c1-21-16-6-2-4-13(12-16)5-3-11-19-17(22)20-15-9-7-14(18)8-10-15/h2,4,6-10,12H,3,5,11H2,1H3,(H2,19,20,22). The van der Waals surface area contributed by atoms with E-state index in [9.17, 15) is 4.39 Å². The van der Waals surface area contributed by atoms with Crippen LogP contribution in [0, 0.1) is 5.82 Å². The van der Waals surface area contributed by atoms with Crippen LogP contribution in [-0.2, 0) is 6.42 Å². The molecule has 2 aromatic carbocycles. The Bertz CT molecular complexity index is 616. The predicted molar refractivity (Wildman–Crippen MR) is 91.9 cm³/mol. The lowest BCUT2D eigenvalue weighted by Crippen LogP contribution is -2.29. The average molecular weight is 318 g/mol. The van der Waals surface area contributed by atoms with Crippen LogP contribution in [0.1, 0.15) is 12.0 Å². The Kier molecular flexibility index (Phi) is 6.15. The van der Waals surface area contributed by atoms with Gasteiger partial charge in [-0.05, 0) is 67.0 Å². The Morgan fingerprint density at radius 2 is 1.95 bits per heavy atom. The number of hydrogen-bond acceptors (Lipinski definition) is 2. The van der Waals surface area contributed by atoms with E-state index in [4.69, 9.17) is 17.0 Å². The van der Waals surface area contributed by atoms with Gasteiger partial charge in [-0.3, -0.25) is 0 Å². The molecule has 0 aliphatic carbocycles. The normalized spacial score (nSPS) is 10.1. The monoisotopic (exact) mass is 318 g/mol. The molecule has 2 rings (SSSR count). The summed E-state index contributed by atoms with van der Waals surface area (Å²) < 4.78 is 18.0. The van der Waals surface area contributed by atoms with Crippen molar-refractivity contribution in [2.24, 2.45) is 0 Å². The minimum atomic E-state index is -0.261. The van der Waals surface area contributed by atoms with Crippen molar-refractivity contribution < 1.29 is 9.13 Å². The van der Waals surface area contributed by atoms with E-state index in [0.717, 1.165) is 30.8 Å². The highest BCUT2D eigenvalue weighted by molar-refractivity contribution is 7.80. The van der Waals surface area contributed by atoms with Gasteiger partial charge in [0.25, 0.3) is 0 Å². The quantitative estimate of drug-likeness (QED) is 0.628. The molecular formula is C17H19FN2OS. The van der Waals surface area contributed by atoms with Crippen LogP contribution in [0.3, 0.4) is 0 Å². The van der Waals surface area contributed by atoms with Gasteiger partial charge < -0.3 is 15.4 Å². The van der Waals surface area contributed by atoms with E-state index in [1.54, 1.807) is 19.2 Å². The fraction of sp³-hybridized carbons (Fsp3) is 0.235. The topological polar surface area (TPSA) is 33.3 Å². The van der Waals surface area contributed by atoms with Gasteiger partial charge in [0.2, 0.25) is 0 Å². The Morgan fingerprint density at radius 3 is 2.68 bits per heavy atom. The number of rotatable bonds is 6. The molecule has 0 saturated carbocycles. The zero-order chi connectivity index (χ0) is 15.8. The molecule has 0 aromatic heterocycles. The minimum Gasteiger partial charge on any atom is -0.497 e. The van der Waals surface area contributed by atoms with Gasteiger partial charge in [0.05, 0.1) is 7.11 Å². The highest BCUT2D eigenvalue weighted by Crippen LogP contribution is 2.13. The van der Waals surface area contributed by atoms with Gasteiger partial charge in [0.15, 0.2) is 5.11 Å². The van der Waals surface area contributed by atoms with Crippen LogP contribution in [-0.4, -0.2) is 18.8 Å². The highest BCUT2D eigenvalue weighted by Gasteiger charge is 1.99. The van der Waals surface area contributed by atoms with Crippen molar-refractivity contribution in [3.05, 3.63) is 59.9 Å². The summed E-state index contributed by atoms with van der Waals surface area (Å²) in [6.45, 7) is 0.768. The summed E-state index contributed by atoms with van der Waals surface area (Å²) in [6, 6.07) is 14.1. The first-order valence-corrected chi connectivity index (χ1v) is 7.51. The number of halogens is 1. The lowest BCUT2D eigenvalue weighted by Gasteiger charge is -2.10. The first-order valence-electron chi connectivity index (χ1n) is 7.11. The van der Waals surface area contributed by atoms with Gasteiger partial charge in [-0.15, -0.1) is 0 Å². The largest absolute Gasteiger partial charge is 0.497 e. The van der Waals surface area contributed by atoms with Gasteiger partial charge in [0.1, 0.15) is 11.6 Å². The molecule has 0 aliphatic heterocycles. The van der Waals surface area contributed by atoms with Crippen LogP contribution in [0.25, 0.3) is 0 Å². The van der Waals surface area contributed by atoms with E-state index in [1.165, 1.54) is 17.7 Å². The van der Waals surface area contributed by atoms with Gasteiger partial charge in [0, 0.05) is 12.2 Å². The fourth-order valence-electron chi connectivity index (χ4n) is 2.03. The molecule has 0 aliphatic rings. The van der Waals surface area contributed by atoms with Crippen LogP contribution in [0.5, 0.6) is 5.75 Å². The zero-order valence-corrected chi connectivity index (χ0v) is 13.3. The van der Waals surface area contributed by atoms with Gasteiger partial charge in [-0.1, -0.05) is 12.1 Å². The molecule has 2 N–H and O–H groups in total. The minimum absolute atomic E-state index is 0.261. The van der Waals surface area contributed by atoms with Gasteiger partial charge in [-0.2, -0.15) is 0 Å². The third-order valence-corrected chi connectivity index (χ3v) is 3.41. The number of anilines is 1. The lowest BCUT2D eigenvalue weighted by atomic mass is 10.1. The maximum Gasteiger partial charge on any atom is 0.170 e. The molecule has 0 heterocycles. The summed E-state index contributed by atoms with van der Waals surface area (Å²) in [7, 11) is 1.67. The average Bonchev–Trinajstić information content (AvgIpc) is 2.54. The van der Waals surface area contributed by atoms with E-state index < -0.39 is 0 Å². The molecule has 0 saturated heterocycles. The molecule has 2 aromatic rings. The van der Waals surface area contributed by atoms with Crippen LogP contribution in [0.2, 0.25) is 0 Å². The molecule has 22 heavy (non-hydrogen) atoms. The Morgan fingerprint density at radius 1 is 1.18 bits per heavy atom. The number of methoxy groups -OCH3 is 1. The number of hydrogen-bond donors (Lipinski definition) is 2. The SMILES string of the molecule is COc1cccc(CCCNC(=S)Nc2ccc(F)cc2)c1. The van der Waals surface area contributed by atoms with E-state index in [-0.39, 0.29) is 5.82 Å². The van der Waals surface area contributed by atoms with Gasteiger partial charge in [-0.25, -0.2) is 4.39 Å². The fourth-order valence-corrected chi connectivity index (χ4v) is 2.25. The third kappa shape index (κ3) is 5.33. The highest BCUT2D eigenvalue weighted by atomic mass is 32.1. The summed E-state index contributed by atoms with van der Waals surface area (Å²) in [4.78, 5) is 0. The molecule has 0 spiro atoms. The van der Waals surface area contributed by atoms with Crippen LogP contribution in [0.4, 0.5) is 10.1 Å². The van der Waals surface area contributed by atoms with E-state index in [1.807, 2.05) is 18.2 Å². The summed E-state index contributed by atoms with van der Waals surface area (Å²) in [5, 5.41) is 6.70. The second-order valence-electron chi connectivity index (χ2n) is 4.84. The first-order chi connectivity index (χ1) is 10.7. The van der Waals surface area contributed by atoms with Crippen molar-refractivity contribution in [1.29, 1.82) is 0 Å². The summed E-state index contributed by atoms with van der Waals surface area (Å²) in [5.41, 5.74) is 2.00. The van der Waals surface area contributed by atoms with Gasteiger partial charge >= 0.3 is 0 Å². The van der Waals surface area contributed by atoms with Crippen molar-refractivity contribution in [3.8, 4) is 5.75 Å². The maximum absolute atomic E-state index is 12.8. The van der Waals surface area contributed by atoms with Crippen LogP contribution in [0.15, 0.2) is 48.5 Å². The molecule has 0 radical (unpaired) electrons. The summed E-state index contributed by atoms with van der Waals surface area (Å²) >= 11 is 5.20. The second-order valence-corrected chi connectivity index (χ2v) is 5.25. The molecule has 0 fully saturated rings. The number of aryl methyl sites for hydroxylation is 1. The molecule has 0 amide bonds. The van der Waals surface area contributed by atoms with Crippen molar-refractivity contribution in [2.45, 2.75) is 12.8 Å². The zero-order valence-electron chi connectivity index (χ0n) is 12.4. The van der Waals surface area contributed by atoms with E-state index in [2.05, 4.69) is 16.7 Å². The summed E-state index contributed by atoms with van der Waals surface area (Å²) in [6.07, 6.45) is 1.90. The van der Waals surface area contributed by atoms with Crippen molar-refractivity contribution in [2.75, 3.05) is 19.0 Å². The Balaban J connectivity index is 1.69. The smallest absolute Gasteiger partial charge is 0.170 e. The predicted octanol–water partition coefficient (Wildman–Crippen LogP) is 3.75. The molecular weight excluding hydrogens is 299 g/mol. The second kappa shape index (κ2) is 8.34. The van der Waals surface area contributed by atoms with Crippen LogP contribution >= 0.6 is 12.2 Å². The van der Waals surface area contributed by atoms with Crippen molar-refractivity contribution in [1.82, 2.24) is 5.32 Å². The Hall–Kier alpha value is -2.14. The molecule has 5 heteroatoms. The van der Waals surface area contributed by atoms with Crippen molar-refractivity contribution in [3.63, 3.8) is 0 Å². The number of benzene rings is 2. The number of thiocarbonyl (C=S) groups is 1. The molecule has 116 valence electrons. The van der Waals surface area contributed by atoms with Crippen molar-refractivity contribution >= 4 is 23.0 Å². The number of ether oxygens (including phenoxy) is 1. The third-order valence-electron chi connectivity index (χ3n) is 3.16.